The molecule has 8 heteroatoms. The quantitative estimate of drug-likeness (QED) is 0.639. The summed E-state index contributed by atoms with van der Waals surface area (Å²) in [6.45, 7) is 5.21. The smallest absolute Gasteiger partial charge is 0.251 e. The van der Waals surface area contributed by atoms with Crippen LogP contribution in [-0.2, 0) is 5.41 Å². The van der Waals surface area contributed by atoms with Gasteiger partial charge in [-0.3, -0.25) is 4.79 Å². The maximum Gasteiger partial charge on any atom is 0.251 e. The molecule has 2 aromatic heterocycles. The number of nitrogens with two attached hydrogens (primary N) is 2. The van der Waals surface area contributed by atoms with Crippen LogP contribution in [0.1, 0.15) is 48.5 Å². The van der Waals surface area contributed by atoms with Crippen molar-refractivity contribution >= 4 is 22.6 Å². The molecule has 7 nitrogen and oxygen atoms in total. The van der Waals surface area contributed by atoms with Crippen molar-refractivity contribution in [3.63, 3.8) is 0 Å². The number of carbonyl (C=O) groups is 1. The van der Waals surface area contributed by atoms with E-state index >= 15 is 0 Å². The fourth-order valence-corrected chi connectivity index (χ4v) is 4.56. The SMILES string of the molecule is CC1(c2cnn3c2[nH]c2cc(F)cc(C(N)=O)c23)CCN(CC2(N)CC2)CC1. The molecule has 0 spiro atoms. The third kappa shape index (κ3) is 2.70. The summed E-state index contributed by atoms with van der Waals surface area (Å²) in [5, 5.41) is 4.51. The number of rotatable bonds is 4. The van der Waals surface area contributed by atoms with Gasteiger partial charge >= 0.3 is 0 Å². The number of H-pyrrole nitrogens is 1. The van der Waals surface area contributed by atoms with Crippen molar-refractivity contribution in [2.75, 3.05) is 19.6 Å². The summed E-state index contributed by atoms with van der Waals surface area (Å²) in [4.78, 5) is 17.5. The second-order valence-corrected chi connectivity index (χ2v) is 8.86. The zero-order valence-electron chi connectivity index (χ0n) is 16.0. The molecular formula is C20H25FN6O. The molecular weight excluding hydrogens is 359 g/mol. The Morgan fingerprint density at radius 3 is 2.64 bits per heavy atom. The molecule has 0 unspecified atom stereocenters. The maximum atomic E-state index is 13.9. The number of aromatic amines is 1. The summed E-state index contributed by atoms with van der Waals surface area (Å²) in [5.41, 5.74) is 14.8. The number of amides is 1. The second-order valence-electron chi connectivity index (χ2n) is 8.86. The standard InChI is InChI=1S/C20H25FN6O/c1-19(4-6-26(7-5-19)11-20(23)2-3-20)14-10-24-27-16-13(17(22)28)8-12(21)9-15(16)25-18(14)27/h8-10,25H,2-7,11,23H2,1H3,(H2,22,28). The summed E-state index contributed by atoms with van der Waals surface area (Å²) in [6, 6.07) is 2.54. The van der Waals surface area contributed by atoms with Crippen molar-refractivity contribution in [1.82, 2.24) is 19.5 Å². The predicted molar refractivity (Wildman–Crippen MR) is 105 cm³/mol. The molecule has 28 heavy (non-hydrogen) atoms. The van der Waals surface area contributed by atoms with Crippen LogP contribution >= 0.6 is 0 Å². The van der Waals surface area contributed by atoms with Crippen molar-refractivity contribution in [2.24, 2.45) is 11.5 Å². The van der Waals surface area contributed by atoms with Gasteiger partial charge in [-0.2, -0.15) is 5.10 Å². The largest absolute Gasteiger partial charge is 0.366 e. The van der Waals surface area contributed by atoms with Gasteiger partial charge in [-0.1, -0.05) is 6.92 Å². The summed E-state index contributed by atoms with van der Waals surface area (Å²) in [6.07, 6.45) is 6.10. The minimum absolute atomic E-state index is 0.0329. The Bertz CT molecular complexity index is 1090. The van der Waals surface area contributed by atoms with E-state index in [1.54, 1.807) is 4.52 Å². The first-order valence-electron chi connectivity index (χ1n) is 9.79. The van der Waals surface area contributed by atoms with Gasteiger partial charge in [0.2, 0.25) is 0 Å². The Balaban J connectivity index is 1.51. The van der Waals surface area contributed by atoms with Crippen LogP contribution in [0.5, 0.6) is 0 Å². The van der Waals surface area contributed by atoms with Crippen LogP contribution in [0.4, 0.5) is 4.39 Å². The topological polar surface area (TPSA) is 105 Å². The number of likely N-dealkylation sites (tertiary alicyclic amines) is 1. The van der Waals surface area contributed by atoms with Crippen molar-refractivity contribution < 1.29 is 9.18 Å². The molecule has 3 aromatic rings. The number of benzene rings is 1. The highest BCUT2D eigenvalue weighted by atomic mass is 19.1. The van der Waals surface area contributed by atoms with E-state index in [-0.39, 0.29) is 16.5 Å². The third-order valence-corrected chi connectivity index (χ3v) is 6.61. The zero-order valence-corrected chi connectivity index (χ0v) is 16.0. The zero-order chi connectivity index (χ0) is 19.7. The molecule has 3 heterocycles. The molecule has 5 rings (SSSR count). The van der Waals surface area contributed by atoms with Gasteiger partial charge in [0.25, 0.3) is 5.91 Å². The van der Waals surface area contributed by atoms with Crippen molar-refractivity contribution in [3.8, 4) is 0 Å². The van der Waals surface area contributed by atoms with Gasteiger partial charge in [-0.15, -0.1) is 0 Å². The highest BCUT2D eigenvalue weighted by Gasteiger charge is 2.42. The molecule has 0 radical (unpaired) electrons. The molecule has 148 valence electrons. The van der Waals surface area contributed by atoms with E-state index in [9.17, 15) is 9.18 Å². The fourth-order valence-electron chi connectivity index (χ4n) is 4.56. The average Bonchev–Trinajstić information content (AvgIpc) is 3.06. The molecule has 1 aliphatic carbocycles. The Labute approximate surface area is 161 Å². The normalized spacial score (nSPS) is 21.4. The molecule has 1 aliphatic heterocycles. The molecule has 1 amide bonds. The lowest BCUT2D eigenvalue weighted by molar-refractivity contribution is 0.100. The number of hydrogen-bond acceptors (Lipinski definition) is 4. The van der Waals surface area contributed by atoms with E-state index in [0.717, 1.165) is 56.5 Å². The second kappa shape index (κ2) is 5.78. The first kappa shape index (κ1) is 17.6. The van der Waals surface area contributed by atoms with Crippen LogP contribution < -0.4 is 11.5 Å². The first-order valence-corrected chi connectivity index (χ1v) is 9.79. The Morgan fingerprint density at radius 1 is 1.29 bits per heavy atom. The molecule has 1 saturated carbocycles. The van der Waals surface area contributed by atoms with Gasteiger partial charge in [0, 0.05) is 23.1 Å². The summed E-state index contributed by atoms with van der Waals surface area (Å²) >= 11 is 0. The van der Waals surface area contributed by atoms with Crippen LogP contribution in [0.15, 0.2) is 18.3 Å². The summed E-state index contributed by atoms with van der Waals surface area (Å²) < 4.78 is 15.6. The molecule has 5 N–H and O–H groups in total. The molecule has 0 atom stereocenters. The van der Waals surface area contributed by atoms with E-state index in [0.29, 0.717) is 11.0 Å². The van der Waals surface area contributed by atoms with Crippen LogP contribution in [-0.4, -0.2) is 50.6 Å². The van der Waals surface area contributed by atoms with Crippen LogP contribution in [0.25, 0.3) is 16.7 Å². The molecule has 1 saturated heterocycles. The molecule has 0 bridgehead atoms. The number of imidazole rings is 1. The number of nitrogens with one attached hydrogen (secondary N) is 1. The Morgan fingerprint density at radius 2 is 2.00 bits per heavy atom. The number of halogens is 1. The monoisotopic (exact) mass is 384 g/mol. The highest BCUT2D eigenvalue weighted by molar-refractivity contribution is 6.05. The number of carbonyl (C=O) groups excluding carboxylic acids is 1. The van der Waals surface area contributed by atoms with Crippen molar-refractivity contribution in [3.05, 3.63) is 35.3 Å². The highest BCUT2D eigenvalue weighted by Crippen LogP contribution is 2.40. The van der Waals surface area contributed by atoms with Crippen molar-refractivity contribution in [2.45, 2.75) is 43.6 Å². The van der Waals surface area contributed by atoms with Gasteiger partial charge < -0.3 is 21.4 Å². The lowest BCUT2D eigenvalue weighted by atomic mass is 9.75. The van der Waals surface area contributed by atoms with Gasteiger partial charge in [-0.05, 0) is 50.9 Å². The molecule has 1 aromatic carbocycles. The van der Waals surface area contributed by atoms with Crippen molar-refractivity contribution in [1.29, 1.82) is 0 Å². The van der Waals surface area contributed by atoms with Gasteiger partial charge in [0.05, 0.1) is 17.3 Å². The van der Waals surface area contributed by atoms with Crippen LogP contribution in [0.3, 0.4) is 0 Å². The average molecular weight is 384 g/mol. The number of primary amides is 1. The number of piperidine rings is 1. The Hall–Kier alpha value is -2.45. The predicted octanol–water partition coefficient (Wildman–Crippen LogP) is 1.90. The van der Waals surface area contributed by atoms with E-state index in [2.05, 4.69) is 21.9 Å². The van der Waals surface area contributed by atoms with Gasteiger partial charge in [-0.25, -0.2) is 8.91 Å². The van der Waals surface area contributed by atoms with E-state index < -0.39 is 11.7 Å². The van der Waals surface area contributed by atoms with E-state index in [1.807, 2.05) is 6.20 Å². The lowest BCUT2D eigenvalue weighted by Crippen LogP contribution is -2.46. The van der Waals surface area contributed by atoms with Gasteiger partial charge in [0.15, 0.2) is 0 Å². The summed E-state index contributed by atoms with van der Waals surface area (Å²) in [5.74, 6) is -1.17. The Kier molecular flexibility index (Phi) is 3.64. The van der Waals surface area contributed by atoms with Crippen LogP contribution in [0.2, 0.25) is 0 Å². The maximum absolute atomic E-state index is 13.9. The number of aromatic nitrogens is 3. The lowest BCUT2D eigenvalue weighted by Gasteiger charge is -2.40. The minimum Gasteiger partial charge on any atom is -0.366 e. The summed E-state index contributed by atoms with van der Waals surface area (Å²) in [7, 11) is 0. The number of hydrogen-bond donors (Lipinski definition) is 3. The van der Waals surface area contributed by atoms with Crippen LogP contribution in [0, 0.1) is 5.82 Å². The first-order chi connectivity index (χ1) is 13.3. The number of fused-ring (bicyclic) bond motifs is 3. The van der Waals surface area contributed by atoms with Gasteiger partial charge in [0.1, 0.15) is 17.0 Å². The van der Waals surface area contributed by atoms with E-state index in [4.69, 9.17) is 11.5 Å². The van der Waals surface area contributed by atoms with E-state index in [1.165, 1.54) is 12.1 Å². The molecule has 2 fully saturated rings. The third-order valence-electron chi connectivity index (χ3n) is 6.61. The fraction of sp³-hybridized carbons (Fsp3) is 0.500. The molecule has 2 aliphatic rings. The number of nitrogens with zero attached hydrogens (tertiary/aromatic N) is 3. The minimum atomic E-state index is -0.669.